The summed E-state index contributed by atoms with van der Waals surface area (Å²) in [6.45, 7) is 17.6. The molecule has 0 nitrogen and oxygen atoms in total. The lowest BCUT2D eigenvalue weighted by Crippen LogP contribution is -1.89. The predicted molar refractivity (Wildman–Crippen MR) is 119 cm³/mol. The van der Waals surface area contributed by atoms with Crippen LogP contribution in [0, 0.1) is 17.8 Å². The molecule has 3 aliphatic rings. The molecule has 0 N–H and O–H groups in total. The molecule has 0 aromatic carbocycles. The zero-order chi connectivity index (χ0) is 20.6. The lowest BCUT2D eigenvalue weighted by Gasteiger charge is -2.04. The van der Waals surface area contributed by atoms with Crippen molar-refractivity contribution in [1.29, 1.82) is 0 Å². The van der Waals surface area contributed by atoms with Gasteiger partial charge < -0.3 is 0 Å². The third-order valence-corrected chi connectivity index (χ3v) is 5.01. The van der Waals surface area contributed by atoms with Gasteiger partial charge in [0.25, 0.3) is 0 Å². The first-order valence-corrected chi connectivity index (χ1v) is 10.2. The summed E-state index contributed by atoms with van der Waals surface area (Å²) in [7, 11) is 0. The summed E-state index contributed by atoms with van der Waals surface area (Å²) in [4.78, 5) is 0. The van der Waals surface area contributed by atoms with Gasteiger partial charge in [0.05, 0.1) is 1.37 Å². The van der Waals surface area contributed by atoms with Gasteiger partial charge in [0.15, 0.2) is 0 Å². The second-order valence-corrected chi connectivity index (χ2v) is 8.52. The van der Waals surface area contributed by atoms with E-state index in [9.17, 15) is 0 Å². The van der Waals surface area contributed by atoms with E-state index in [1.165, 1.54) is 29.6 Å². The first-order chi connectivity index (χ1) is 12.6. The van der Waals surface area contributed by atoms with Crippen LogP contribution < -0.4 is 0 Å². The van der Waals surface area contributed by atoms with E-state index in [4.69, 9.17) is 1.37 Å². The molecule has 0 heterocycles. The molecule has 0 aromatic rings. The van der Waals surface area contributed by atoms with Gasteiger partial charge in [-0.2, -0.15) is 0 Å². The topological polar surface area (TPSA) is 0 Å². The van der Waals surface area contributed by atoms with Crippen LogP contribution in [0.25, 0.3) is 0 Å². The van der Waals surface area contributed by atoms with E-state index in [0.29, 0.717) is 5.92 Å². The molecule has 0 aliphatic heterocycles. The van der Waals surface area contributed by atoms with E-state index in [1.54, 1.807) is 11.1 Å². The molecule has 0 bridgehead atoms. The van der Waals surface area contributed by atoms with Crippen LogP contribution in [0.4, 0.5) is 0 Å². The molecule has 0 spiro atoms. The van der Waals surface area contributed by atoms with Crippen molar-refractivity contribution in [3.63, 3.8) is 0 Å². The molecular formula is C26H40. The van der Waals surface area contributed by atoms with Crippen molar-refractivity contribution in [3.05, 3.63) is 70.4 Å². The zero-order valence-corrected chi connectivity index (χ0v) is 18.3. The summed E-state index contributed by atoms with van der Waals surface area (Å²) >= 11 is 0. The monoisotopic (exact) mass is 353 g/mol. The molecule has 144 valence electrons. The summed E-state index contributed by atoms with van der Waals surface area (Å²) in [5, 5.41) is 0. The molecule has 0 amide bonds. The highest BCUT2D eigenvalue weighted by Crippen LogP contribution is 2.24. The molecule has 0 heteroatoms. The fraction of sp³-hybridized carbons (Fsp3) is 0.538. The van der Waals surface area contributed by atoms with Gasteiger partial charge in [-0.15, -0.1) is 0 Å². The summed E-state index contributed by atoms with van der Waals surface area (Å²) in [5.41, 5.74) is 7.40. The first-order valence-electron chi connectivity index (χ1n) is 10.7. The molecule has 26 heavy (non-hydrogen) atoms. The minimum absolute atomic E-state index is 0.591. The Bertz CT molecular complexity index is 673. The van der Waals surface area contributed by atoms with E-state index in [2.05, 4.69) is 85.8 Å². The molecule has 3 rings (SSSR count). The highest BCUT2D eigenvalue weighted by atomic mass is 14.1. The van der Waals surface area contributed by atoms with Gasteiger partial charge >= 0.3 is 0 Å². The fourth-order valence-electron chi connectivity index (χ4n) is 2.99. The van der Waals surface area contributed by atoms with Crippen molar-refractivity contribution >= 4 is 0 Å². The smallest absolute Gasteiger partial charge is 0.0579 e. The van der Waals surface area contributed by atoms with Crippen LogP contribution in [0.15, 0.2) is 70.4 Å². The van der Waals surface area contributed by atoms with Gasteiger partial charge in [-0.1, -0.05) is 106 Å². The second kappa shape index (κ2) is 11.2. The van der Waals surface area contributed by atoms with Crippen LogP contribution in [0.2, 0.25) is 0 Å². The van der Waals surface area contributed by atoms with E-state index in [-0.39, 0.29) is 0 Å². The Morgan fingerprint density at radius 2 is 1.50 bits per heavy atom. The molecule has 0 atom stereocenters. The quantitative estimate of drug-likeness (QED) is 0.478. The van der Waals surface area contributed by atoms with Crippen molar-refractivity contribution in [2.75, 3.05) is 0 Å². The van der Waals surface area contributed by atoms with Crippen LogP contribution in [-0.2, 0) is 0 Å². The third kappa shape index (κ3) is 8.21. The first kappa shape index (κ1) is 20.7. The standard InChI is InChI=1S/2C9H14.C8H12/c2*1-7(2)9-5-4-8(3)6-9;1-7(2)8-5-3-4-6-8/h4,6-7H,5H2,1-3H3;4-5,7H,6H2,1-3H3;3,5-7H,4H2,1-2H3/i;;3D. The molecule has 0 fully saturated rings. The van der Waals surface area contributed by atoms with Gasteiger partial charge in [-0.3, -0.25) is 0 Å². The van der Waals surface area contributed by atoms with Crippen LogP contribution in [0.5, 0.6) is 0 Å². The van der Waals surface area contributed by atoms with Crippen molar-refractivity contribution in [2.24, 2.45) is 17.8 Å². The minimum atomic E-state index is 0.591. The molecule has 0 aromatic heterocycles. The number of rotatable bonds is 3. The SMILES string of the molecule is CC1=CC=C(C(C)C)C1.CC1=CCC(C(C)C)=C1.[2H]C1=CC(C(C)C)=CC1. The molecule has 0 radical (unpaired) electrons. The van der Waals surface area contributed by atoms with Gasteiger partial charge in [0, 0.05) is 0 Å². The molecule has 0 unspecified atom stereocenters. The Kier molecular flexibility index (Phi) is 8.95. The highest BCUT2D eigenvalue weighted by molar-refractivity contribution is 5.32. The van der Waals surface area contributed by atoms with Gasteiger partial charge in [-0.25, -0.2) is 0 Å². The summed E-state index contributed by atoms with van der Waals surface area (Å²) < 4.78 is 7.26. The average molecular weight is 354 g/mol. The third-order valence-electron chi connectivity index (χ3n) is 5.01. The Morgan fingerprint density at radius 3 is 1.73 bits per heavy atom. The second-order valence-electron chi connectivity index (χ2n) is 8.52. The van der Waals surface area contributed by atoms with E-state index in [0.717, 1.165) is 24.3 Å². The van der Waals surface area contributed by atoms with Crippen molar-refractivity contribution in [1.82, 2.24) is 0 Å². The van der Waals surface area contributed by atoms with Crippen LogP contribution in [0.3, 0.4) is 0 Å². The summed E-state index contributed by atoms with van der Waals surface area (Å²) in [5.74, 6) is 2.06. The molecular weight excluding hydrogens is 312 g/mol. The molecule has 0 saturated heterocycles. The maximum atomic E-state index is 7.26. The minimum Gasteiger partial charge on any atom is -0.0805 e. The van der Waals surface area contributed by atoms with Crippen molar-refractivity contribution < 1.29 is 1.37 Å². The highest BCUT2D eigenvalue weighted by Gasteiger charge is 2.07. The van der Waals surface area contributed by atoms with Crippen molar-refractivity contribution in [3.8, 4) is 0 Å². The lowest BCUT2D eigenvalue weighted by atomic mass is 10.0. The molecule has 0 saturated carbocycles. The Balaban J connectivity index is 0.000000202. The van der Waals surface area contributed by atoms with Crippen molar-refractivity contribution in [2.45, 2.75) is 74.7 Å². The van der Waals surface area contributed by atoms with E-state index in [1.807, 2.05) is 6.08 Å². The Hall–Kier alpha value is -1.56. The maximum Gasteiger partial charge on any atom is 0.0579 e. The summed E-state index contributed by atoms with van der Waals surface area (Å²) in [6.07, 6.45) is 16.4. The fourth-order valence-corrected chi connectivity index (χ4v) is 2.99. The Labute approximate surface area is 164 Å². The predicted octanol–water partition coefficient (Wildman–Crippen LogP) is 8.37. The van der Waals surface area contributed by atoms with Gasteiger partial charge in [0.2, 0.25) is 0 Å². The zero-order valence-electron chi connectivity index (χ0n) is 19.3. The van der Waals surface area contributed by atoms with Crippen LogP contribution in [-0.4, -0.2) is 0 Å². The lowest BCUT2D eigenvalue weighted by molar-refractivity contribution is 0.746. The van der Waals surface area contributed by atoms with Gasteiger partial charge in [0.1, 0.15) is 0 Å². The number of hydrogen-bond donors (Lipinski definition) is 0. The van der Waals surface area contributed by atoms with E-state index < -0.39 is 0 Å². The van der Waals surface area contributed by atoms with Crippen LogP contribution >= 0.6 is 0 Å². The average Bonchev–Trinajstić information content (AvgIpc) is 3.30. The summed E-state index contributed by atoms with van der Waals surface area (Å²) in [6, 6.07) is 0.749. The normalized spacial score (nSPS) is 19.0. The number of hydrogen-bond acceptors (Lipinski definition) is 0. The number of allylic oxidation sites excluding steroid dienone is 12. The Morgan fingerprint density at radius 1 is 0.846 bits per heavy atom. The van der Waals surface area contributed by atoms with E-state index >= 15 is 0 Å². The molecule has 3 aliphatic carbocycles. The largest absolute Gasteiger partial charge is 0.0805 e. The van der Waals surface area contributed by atoms with Crippen LogP contribution in [0.1, 0.15) is 76.0 Å². The maximum absolute atomic E-state index is 7.26. The van der Waals surface area contributed by atoms with Gasteiger partial charge in [-0.05, 0) is 56.4 Å².